The predicted molar refractivity (Wildman–Crippen MR) is 74.7 cm³/mol. The number of hydrogen-bond acceptors (Lipinski definition) is 7. The minimum atomic E-state index is -1.15. The van der Waals surface area contributed by atoms with Gasteiger partial charge in [-0.2, -0.15) is 0 Å². The van der Waals surface area contributed by atoms with Gasteiger partial charge in [0.05, 0.1) is 6.10 Å². The summed E-state index contributed by atoms with van der Waals surface area (Å²) >= 11 is 0. The summed E-state index contributed by atoms with van der Waals surface area (Å²) in [5, 5.41) is 13.0. The molecule has 22 heavy (non-hydrogen) atoms. The second kappa shape index (κ2) is 8.09. The number of carbonyl (C=O) groups excluding carboxylic acids is 3. The highest BCUT2D eigenvalue weighted by Gasteiger charge is 2.45. The molecule has 1 heterocycles. The van der Waals surface area contributed by atoms with Gasteiger partial charge in [0, 0.05) is 33.2 Å². The predicted octanol–water partition coefficient (Wildman–Crippen LogP) is -0.618. The number of amides is 1. The number of ether oxygens (including phenoxy) is 3. The summed E-state index contributed by atoms with van der Waals surface area (Å²) in [7, 11) is 0. The Kier molecular flexibility index (Phi) is 6.76. The van der Waals surface area contributed by atoms with E-state index in [-0.39, 0.29) is 19.1 Å². The Morgan fingerprint density at radius 2 is 1.82 bits per heavy atom. The first-order valence-corrected chi connectivity index (χ1v) is 7.11. The minimum Gasteiger partial charge on any atom is -0.463 e. The SMILES string of the molecule is CC(=O)NCC1C(C)OC(COC(C)=O)C(O)C1OC(C)=O. The number of carbonyl (C=O) groups is 3. The fourth-order valence-electron chi connectivity index (χ4n) is 2.42. The molecule has 2 N–H and O–H groups in total. The summed E-state index contributed by atoms with van der Waals surface area (Å²) in [6, 6.07) is 0. The molecule has 0 radical (unpaired) electrons. The molecule has 0 aromatic carbocycles. The van der Waals surface area contributed by atoms with E-state index in [1.807, 2.05) is 0 Å². The molecule has 0 aromatic rings. The molecular weight excluding hydrogens is 294 g/mol. The van der Waals surface area contributed by atoms with Gasteiger partial charge in [0.25, 0.3) is 0 Å². The Morgan fingerprint density at radius 1 is 1.18 bits per heavy atom. The summed E-state index contributed by atoms with van der Waals surface area (Å²) in [6.45, 7) is 5.67. The molecule has 0 aliphatic carbocycles. The van der Waals surface area contributed by atoms with E-state index in [0.29, 0.717) is 0 Å². The lowest BCUT2D eigenvalue weighted by Crippen LogP contribution is -2.58. The highest BCUT2D eigenvalue weighted by Crippen LogP contribution is 2.28. The Balaban J connectivity index is 2.83. The van der Waals surface area contributed by atoms with E-state index in [4.69, 9.17) is 14.2 Å². The zero-order valence-corrected chi connectivity index (χ0v) is 13.2. The maximum Gasteiger partial charge on any atom is 0.303 e. The molecule has 1 fully saturated rings. The molecule has 5 atom stereocenters. The highest BCUT2D eigenvalue weighted by atomic mass is 16.6. The molecule has 5 unspecified atom stereocenters. The Morgan fingerprint density at radius 3 is 2.32 bits per heavy atom. The van der Waals surface area contributed by atoms with Crippen molar-refractivity contribution in [3.05, 3.63) is 0 Å². The zero-order valence-electron chi connectivity index (χ0n) is 13.2. The molecule has 0 aromatic heterocycles. The number of nitrogens with one attached hydrogen (secondary N) is 1. The normalized spacial score (nSPS) is 31.2. The van der Waals surface area contributed by atoms with Crippen LogP contribution in [0.5, 0.6) is 0 Å². The van der Waals surface area contributed by atoms with E-state index in [0.717, 1.165) is 0 Å². The summed E-state index contributed by atoms with van der Waals surface area (Å²) in [4.78, 5) is 33.2. The third-order valence-corrected chi connectivity index (χ3v) is 3.47. The molecule has 1 rings (SSSR count). The Labute approximate surface area is 129 Å². The van der Waals surface area contributed by atoms with Crippen LogP contribution in [-0.4, -0.2) is 60.5 Å². The molecular formula is C14H23NO7. The topological polar surface area (TPSA) is 111 Å². The van der Waals surface area contributed by atoms with Gasteiger partial charge in [-0.25, -0.2) is 0 Å². The quantitative estimate of drug-likeness (QED) is 0.650. The van der Waals surface area contributed by atoms with Crippen LogP contribution < -0.4 is 5.32 Å². The number of hydrogen-bond donors (Lipinski definition) is 2. The Hall–Kier alpha value is -1.67. The molecule has 0 saturated carbocycles. The maximum atomic E-state index is 11.3. The molecule has 1 saturated heterocycles. The second-order valence-electron chi connectivity index (χ2n) is 5.35. The standard InChI is InChI=1S/C14H23NO7/c1-7-11(5-15-8(2)16)14(22-10(4)18)13(19)12(21-7)6-20-9(3)17/h7,11-14,19H,5-6H2,1-4H3,(H,15,16). The summed E-state index contributed by atoms with van der Waals surface area (Å²) < 4.78 is 15.7. The highest BCUT2D eigenvalue weighted by molar-refractivity contribution is 5.72. The van der Waals surface area contributed by atoms with Crippen LogP contribution in [0.4, 0.5) is 0 Å². The number of aliphatic hydroxyl groups excluding tert-OH is 1. The van der Waals surface area contributed by atoms with Crippen LogP contribution in [0.3, 0.4) is 0 Å². The monoisotopic (exact) mass is 317 g/mol. The summed E-state index contributed by atoms with van der Waals surface area (Å²) in [5.41, 5.74) is 0. The van der Waals surface area contributed by atoms with Crippen molar-refractivity contribution in [2.75, 3.05) is 13.2 Å². The van der Waals surface area contributed by atoms with Crippen LogP contribution >= 0.6 is 0 Å². The average molecular weight is 317 g/mol. The van der Waals surface area contributed by atoms with E-state index < -0.39 is 42.3 Å². The van der Waals surface area contributed by atoms with Crippen molar-refractivity contribution >= 4 is 17.8 Å². The van der Waals surface area contributed by atoms with Gasteiger partial charge in [0.1, 0.15) is 24.9 Å². The van der Waals surface area contributed by atoms with Crippen LogP contribution in [0.25, 0.3) is 0 Å². The van der Waals surface area contributed by atoms with Crippen molar-refractivity contribution in [1.82, 2.24) is 5.32 Å². The molecule has 8 heteroatoms. The maximum absolute atomic E-state index is 11.3. The van der Waals surface area contributed by atoms with Gasteiger partial charge < -0.3 is 24.6 Å². The van der Waals surface area contributed by atoms with Gasteiger partial charge >= 0.3 is 11.9 Å². The molecule has 1 aliphatic heterocycles. The lowest BCUT2D eigenvalue weighted by Gasteiger charge is -2.43. The Bertz CT molecular complexity index is 425. The third-order valence-electron chi connectivity index (χ3n) is 3.47. The van der Waals surface area contributed by atoms with Crippen molar-refractivity contribution < 1.29 is 33.7 Å². The van der Waals surface area contributed by atoms with Crippen molar-refractivity contribution in [1.29, 1.82) is 0 Å². The smallest absolute Gasteiger partial charge is 0.303 e. The van der Waals surface area contributed by atoms with E-state index in [2.05, 4.69) is 5.32 Å². The van der Waals surface area contributed by atoms with Crippen molar-refractivity contribution in [2.45, 2.75) is 52.1 Å². The molecule has 8 nitrogen and oxygen atoms in total. The first kappa shape index (κ1) is 18.4. The van der Waals surface area contributed by atoms with Crippen LogP contribution in [0, 0.1) is 5.92 Å². The van der Waals surface area contributed by atoms with Gasteiger partial charge in [0.2, 0.25) is 5.91 Å². The number of rotatable bonds is 5. The van der Waals surface area contributed by atoms with Crippen LogP contribution in [0.15, 0.2) is 0 Å². The van der Waals surface area contributed by atoms with E-state index >= 15 is 0 Å². The molecule has 0 spiro atoms. The van der Waals surface area contributed by atoms with Gasteiger partial charge in [-0.15, -0.1) is 0 Å². The number of aliphatic hydroxyl groups is 1. The minimum absolute atomic E-state index is 0.133. The van der Waals surface area contributed by atoms with E-state index in [1.165, 1.54) is 20.8 Å². The van der Waals surface area contributed by atoms with Gasteiger partial charge in [-0.1, -0.05) is 0 Å². The van der Waals surface area contributed by atoms with Crippen LogP contribution in [0.1, 0.15) is 27.7 Å². The lowest BCUT2D eigenvalue weighted by molar-refractivity contribution is -0.219. The molecule has 1 amide bonds. The van der Waals surface area contributed by atoms with Crippen molar-refractivity contribution in [3.63, 3.8) is 0 Å². The van der Waals surface area contributed by atoms with E-state index in [1.54, 1.807) is 6.92 Å². The summed E-state index contributed by atoms with van der Waals surface area (Å²) in [5.74, 6) is -1.67. The fraction of sp³-hybridized carbons (Fsp3) is 0.786. The van der Waals surface area contributed by atoms with Crippen molar-refractivity contribution in [3.8, 4) is 0 Å². The van der Waals surface area contributed by atoms with Gasteiger partial charge in [0.15, 0.2) is 0 Å². The molecule has 1 aliphatic rings. The first-order chi connectivity index (χ1) is 10.2. The number of esters is 2. The fourth-order valence-corrected chi connectivity index (χ4v) is 2.42. The average Bonchev–Trinajstić information content (AvgIpc) is 2.39. The third kappa shape index (κ3) is 5.27. The zero-order chi connectivity index (χ0) is 16.9. The van der Waals surface area contributed by atoms with Crippen LogP contribution in [0.2, 0.25) is 0 Å². The molecule has 0 bridgehead atoms. The van der Waals surface area contributed by atoms with Gasteiger partial charge in [-0.3, -0.25) is 14.4 Å². The largest absolute Gasteiger partial charge is 0.463 e. The summed E-state index contributed by atoms with van der Waals surface area (Å²) in [6.07, 6.45) is -3.20. The van der Waals surface area contributed by atoms with Crippen molar-refractivity contribution in [2.24, 2.45) is 5.92 Å². The first-order valence-electron chi connectivity index (χ1n) is 7.11. The van der Waals surface area contributed by atoms with Crippen LogP contribution in [-0.2, 0) is 28.6 Å². The lowest BCUT2D eigenvalue weighted by atomic mass is 9.87. The second-order valence-corrected chi connectivity index (χ2v) is 5.35. The van der Waals surface area contributed by atoms with Gasteiger partial charge in [-0.05, 0) is 6.92 Å². The van der Waals surface area contributed by atoms with E-state index in [9.17, 15) is 19.5 Å². The molecule has 126 valence electrons.